The van der Waals surface area contributed by atoms with Crippen LogP contribution in [0, 0.1) is 0 Å². The van der Waals surface area contributed by atoms with Gasteiger partial charge in [-0.3, -0.25) is 9.05 Å². The lowest BCUT2D eigenvalue weighted by atomic mass is 10.2. The van der Waals surface area contributed by atoms with E-state index in [-0.39, 0.29) is 13.2 Å². The Labute approximate surface area is 141 Å². The second-order valence-corrected chi connectivity index (χ2v) is 6.77. The molecule has 2 aromatic rings. The van der Waals surface area contributed by atoms with E-state index < -0.39 is 13.9 Å². The third-order valence-electron chi connectivity index (χ3n) is 3.30. The molecule has 1 aliphatic rings. The van der Waals surface area contributed by atoms with Gasteiger partial charge in [-0.25, -0.2) is 4.57 Å². The Morgan fingerprint density at radius 3 is 2.50 bits per heavy atom. The Bertz CT molecular complexity index is 702. The summed E-state index contributed by atoms with van der Waals surface area (Å²) in [5, 5.41) is 0. The van der Waals surface area contributed by atoms with Crippen LogP contribution in [0.1, 0.15) is 5.56 Å². The first kappa shape index (κ1) is 16.9. The molecule has 24 heavy (non-hydrogen) atoms. The van der Waals surface area contributed by atoms with Crippen LogP contribution in [0.3, 0.4) is 0 Å². The summed E-state index contributed by atoms with van der Waals surface area (Å²) < 4.78 is 34.6. The van der Waals surface area contributed by atoms with E-state index in [1.165, 1.54) is 0 Å². The summed E-state index contributed by atoms with van der Waals surface area (Å²) in [5.74, 6) is 0.437. The second kappa shape index (κ2) is 8.27. The van der Waals surface area contributed by atoms with Crippen LogP contribution in [-0.4, -0.2) is 19.3 Å². The molecule has 1 heterocycles. The van der Waals surface area contributed by atoms with Crippen molar-refractivity contribution in [3.63, 3.8) is 0 Å². The van der Waals surface area contributed by atoms with Crippen molar-refractivity contribution in [1.29, 1.82) is 0 Å². The maximum absolute atomic E-state index is 12.7. The molecule has 0 bridgehead atoms. The fourth-order valence-electron chi connectivity index (χ4n) is 2.18. The molecule has 0 spiro atoms. The third-order valence-corrected chi connectivity index (χ3v) is 4.73. The first-order valence-corrected chi connectivity index (χ1v) is 9.15. The zero-order chi connectivity index (χ0) is 16.7. The molecular formula is C18H19O5P. The molecule has 0 amide bonds. The highest BCUT2D eigenvalue weighted by molar-refractivity contribution is 7.49. The molecule has 2 aromatic carbocycles. The summed E-state index contributed by atoms with van der Waals surface area (Å²) in [6.45, 7) is 0.884. The van der Waals surface area contributed by atoms with Gasteiger partial charge in [0.2, 0.25) is 0 Å². The number of rotatable bonds is 6. The minimum Gasteiger partial charge on any atom is -0.404 e. The van der Waals surface area contributed by atoms with Crippen LogP contribution < -0.4 is 4.52 Å². The number of phosphoric ester groups is 1. The summed E-state index contributed by atoms with van der Waals surface area (Å²) in [6, 6.07) is 18.7. The van der Waals surface area contributed by atoms with E-state index in [9.17, 15) is 4.57 Å². The summed E-state index contributed by atoms with van der Waals surface area (Å²) >= 11 is 0. The molecule has 0 aliphatic carbocycles. The largest absolute Gasteiger partial charge is 0.531 e. The van der Waals surface area contributed by atoms with Crippen LogP contribution in [-0.2, 0) is 25.0 Å². The molecule has 0 saturated heterocycles. The van der Waals surface area contributed by atoms with Gasteiger partial charge in [0, 0.05) is 0 Å². The molecule has 3 rings (SSSR count). The van der Waals surface area contributed by atoms with Crippen LogP contribution in [0.5, 0.6) is 5.75 Å². The zero-order valence-electron chi connectivity index (χ0n) is 13.1. The van der Waals surface area contributed by atoms with Gasteiger partial charge in [-0.05, 0) is 17.7 Å². The van der Waals surface area contributed by atoms with E-state index in [1.807, 2.05) is 36.4 Å². The quantitative estimate of drug-likeness (QED) is 0.574. The van der Waals surface area contributed by atoms with E-state index in [2.05, 4.69) is 0 Å². The molecule has 6 heteroatoms. The highest BCUT2D eigenvalue weighted by Crippen LogP contribution is 2.51. The average Bonchev–Trinajstić information content (AvgIpc) is 2.78. The minimum atomic E-state index is -3.69. The zero-order valence-corrected chi connectivity index (χ0v) is 14.0. The SMILES string of the molecule is O=P1(Oc2ccccc2)OCC=C[C@@H](COCc2ccccc2)O1. The van der Waals surface area contributed by atoms with Gasteiger partial charge in [0.05, 0.1) is 19.8 Å². The molecule has 0 fully saturated rings. The Balaban J connectivity index is 1.56. The fraction of sp³-hybridized carbons (Fsp3) is 0.222. The molecular weight excluding hydrogens is 327 g/mol. The molecule has 126 valence electrons. The number of para-hydroxylation sites is 1. The normalized spacial score (nSPS) is 23.6. The van der Waals surface area contributed by atoms with Crippen LogP contribution in [0.2, 0.25) is 0 Å². The van der Waals surface area contributed by atoms with Gasteiger partial charge in [-0.1, -0.05) is 60.7 Å². The van der Waals surface area contributed by atoms with Gasteiger partial charge in [-0.15, -0.1) is 0 Å². The van der Waals surface area contributed by atoms with Gasteiger partial charge in [0.25, 0.3) is 0 Å². The molecule has 5 nitrogen and oxygen atoms in total. The Morgan fingerprint density at radius 2 is 1.75 bits per heavy atom. The van der Waals surface area contributed by atoms with Gasteiger partial charge >= 0.3 is 7.82 Å². The Kier molecular flexibility index (Phi) is 5.83. The number of phosphoric acid groups is 1. The van der Waals surface area contributed by atoms with Crippen molar-refractivity contribution in [3.05, 3.63) is 78.4 Å². The van der Waals surface area contributed by atoms with E-state index in [4.69, 9.17) is 18.3 Å². The average molecular weight is 346 g/mol. The summed E-state index contributed by atoms with van der Waals surface area (Å²) in [7, 11) is -3.69. The van der Waals surface area contributed by atoms with Gasteiger partial charge in [0.1, 0.15) is 11.9 Å². The molecule has 0 N–H and O–H groups in total. The smallest absolute Gasteiger partial charge is 0.404 e. The maximum atomic E-state index is 12.7. The predicted molar refractivity (Wildman–Crippen MR) is 90.7 cm³/mol. The summed E-state index contributed by atoms with van der Waals surface area (Å²) in [5.41, 5.74) is 1.06. The van der Waals surface area contributed by atoms with Crippen LogP contribution >= 0.6 is 7.82 Å². The highest BCUT2D eigenvalue weighted by atomic mass is 31.2. The predicted octanol–water partition coefficient (Wildman–Crippen LogP) is 4.36. The number of benzene rings is 2. The second-order valence-electron chi connectivity index (χ2n) is 5.22. The maximum Gasteiger partial charge on any atom is 0.531 e. The first-order valence-electron chi connectivity index (χ1n) is 7.69. The van der Waals surface area contributed by atoms with E-state index >= 15 is 0 Å². The van der Waals surface area contributed by atoms with E-state index in [0.29, 0.717) is 12.4 Å². The molecule has 0 radical (unpaired) electrons. The van der Waals surface area contributed by atoms with Crippen molar-refractivity contribution < 1.29 is 22.9 Å². The van der Waals surface area contributed by atoms with Crippen LogP contribution in [0.25, 0.3) is 0 Å². The topological polar surface area (TPSA) is 54.0 Å². The van der Waals surface area contributed by atoms with Crippen molar-refractivity contribution in [3.8, 4) is 5.75 Å². The molecule has 1 unspecified atom stereocenters. The highest BCUT2D eigenvalue weighted by Gasteiger charge is 2.33. The molecule has 0 saturated carbocycles. The van der Waals surface area contributed by atoms with Gasteiger partial charge in [-0.2, -0.15) is 0 Å². The van der Waals surface area contributed by atoms with Crippen LogP contribution in [0.15, 0.2) is 72.8 Å². The summed E-state index contributed by atoms with van der Waals surface area (Å²) in [6.07, 6.45) is 3.04. The van der Waals surface area contributed by atoms with Gasteiger partial charge in [0.15, 0.2) is 0 Å². The summed E-state index contributed by atoms with van der Waals surface area (Å²) in [4.78, 5) is 0. The number of hydrogen-bond acceptors (Lipinski definition) is 5. The lowest BCUT2D eigenvalue weighted by Crippen LogP contribution is -2.17. The molecule has 0 aromatic heterocycles. The molecule has 1 aliphatic heterocycles. The van der Waals surface area contributed by atoms with Crippen LogP contribution in [0.4, 0.5) is 0 Å². The lowest BCUT2D eigenvalue weighted by molar-refractivity contribution is 0.0458. The van der Waals surface area contributed by atoms with Crippen molar-refractivity contribution in [2.75, 3.05) is 13.2 Å². The standard InChI is InChI=1S/C18H19O5P/c19-24(22-17-10-5-2-6-11-17)21-13-7-12-18(23-24)15-20-14-16-8-3-1-4-9-16/h1-12,18H,13-15H2/t18-,24?/m0/s1. The monoisotopic (exact) mass is 346 g/mol. The fourth-order valence-corrected chi connectivity index (χ4v) is 3.45. The first-order chi connectivity index (χ1) is 11.7. The Hall–Kier alpha value is -1.91. The lowest BCUT2D eigenvalue weighted by Gasteiger charge is -2.20. The van der Waals surface area contributed by atoms with E-state index in [0.717, 1.165) is 5.56 Å². The van der Waals surface area contributed by atoms with Crippen molar-refractivity contribution >= 4 is 7.82 Å². The number of ether oxygens (including phenoxy) is 1. The van der Waals surface area contributed by atoms with Gasteiger partial charge < -0.3 is 9.26 Å². The Morgan fingerprint density at radius 1 is 1.04 bits per heavy atom. The van der Waals surface area contributed by atoms with Crippen molar-refractivity contribution in [2.24, 2.45) is 0 Å². The molecule has 2 atom stereocenters. The third kappa shape index (κ3) is 5.05. The minimum absolute atomic E-state index is 0.166. The number of hydrogen-bond donors (Lipinski definition) is 0. The van der Waals surface area contributed by atoms with Crippen molar-refractivity contribution in [1.82, 2.24) is 0 Å². The van der Waals surface area contributed by atoms with Crippen molar-refractivity contribution in [2.45, 2.75) is 12.7 Å². The van der Waals surface area contributed by atoms with E-state index in [1.54, 1.807) is 36.4 Å².